The van der Waals surface area contributed by atoms with Gasteiger partial charge in [-0.2, -0.15) is 0 Å². The molecule has 1 fully saturated rings. The molecule has 0 radical (unpaired) electrons. The summed E-state index contributed by atoms with van der Waals surface area (Å²) in [7, 11) is 3.38. The third-order valence-corrected chi connectivity index (χ3v) is 4.38. The molecule has 1 aliphatic heterocycles. The predicted molar refractivity (Wildman–Crippen MR) is 97.2 cm³/mol. The maximum Gasteiger partial charge on any atom is 0.340 e. The zero-order valence-electron chi connectivity index (χ0n) is 15.3. The molecule has 2 rings (SSSR count). The van der Waals surface area contributed by atoms with Gasteiger partial charge in [-0.05, 0) is 37.5 Å². The van der Waals surface area contributed by atoms with Crippen LogP contribution in [0.1, 0.15) is 29.6 Å². The summed E-state index contributed by atoms with van der Waals surface area (Å²) >= 11 is 0. The Balaban J connectivity index is 2.11. The standard InChI is InChI=1S/C17H23N4O6/c1-19(2)13-7-6-11(21(25)26)9-12(13)17(24)27-10-15(22)20-8-4-3-5-14(20)16(18)23/h6-7,9,14,25H,3-5,8,10H2,1-2H3,(H2,18,23)/q-1. The smallest absolute Gasteiger partial charge is 0.340 e. The van der Waals surface area contributed by atoms with E-state index in [9.17, 15) is 19.6 Å². The Morgan fingerprint density at radius 2 is 2.04 bits per heavy atom. The number of carbonyl (C=O) groups is 3. The van der Waals surface area contributed by atoms with E-state index < -0.39 is 30.4 Å². The lowest BCUT2D eigenvalue weighted by atomic mass is 10.0. The number of nitrogens with two attached hydrogens (primary N) is 1. The van der Waals surface area contributed by atoms with Gasteiger partial charge < -0.3 is 30.7 Å². The number of carbonyl (C=O) groups excluding carboxylic acids is 3. The summed E-state index contributed by atoms with van der Waals surface area (Å²) in [6.45, 7) is -0.183. The van der Waals surface area contributed by atoms with Crippen LogP contribution in [0.4, 0.5) is 11.4 Å². The van der Waals surface area contributed by atoms with Crippen molar-refractivity contribution in [3.63, 3.8) is 0 Å². The van der Waals surface area contributed by atoms with Gasteiger partial charge in [-0.1, -0.05) is 0 Å². The lowest BCUT2D eigenvalue weighted by Gasteiger charge is -2.33. The first kappa shape index (κ1) is 20.5. The van der Waals surface area contributed by atoms with Crippen molar-refractivity contribution >= 4 is 29.2 Å². The molecular weight excluding hydrogens is 356 g/mol. The van der Waals surface area contributed by atoms with Crippen molar-refractivity contribution in [1.29, 1.82) is 0 Å². The van der Waals surface area contributed by atoms with Gasteiger partial charge in [-0.25, -0.2) is 4.79 Å². The number of likely N-dealkylation sites (tertiary alicyclic amines) is 1. The Hall–Kier alpha value is -2.85. The van der Waals surface area contributed by atoms with Crippen molar-refractivity contribution in [2.24, 2.45) is 5.73 Å². The van der Waals surface area contributed by atoms with Gasteiger partial charge in [-0.15, -0.1) is 0 Å². The highest BCUT2D eigenvalue weighted by molar-refractivity contribution is 5.98. The number of rotatable bonds is 6. The minimum atomic E-state index is -0.830. The third kappa shape index (κ3) is 4.86. The first-order valence-corrected chi connectivity index (χ1v) is 8.45. The van der Waals surface area contributed by atoms with Crippen molar-refractivity contribution in [3.05, 3.63) is 29.0 Å². The summed E-state index contributed by atoms with van der Waals surface area (Å²) in [4.78, 5) is 39.3. The summed E-state index contributed by atoms with van der Waals surface area (Å²) in [6.07, 6.45) is 2.02. The average molecular weight is 379 g/mol. The zero-order valence-corrected chi connectivity index (χ0v) is 15.3. The molecule has 0 saturated carbocycles. The molecular formula is C17H23N4O6-. The molecule has 27 heavy (non-hydrogen) atoms. The van der Waals surface area contributed by atoms with E-state index in [4.69, 9.17) is 15.7 Å². The number of piperidine rings is 1. The second-order valence-corrected chi connectivity index (χ2v) is 6.45. The van der Waals surface area contributed by atoms with E-state index in [1.165, 1.54) is 23.1 Å². The van der Waals surface area contributed by atoms with Crippen LogP contribution in [0.2, 0.25) is 0 Å². The van der Waals surface area contributed by atoms with E-state index in [0.29, 0.717) is 18.7 Å². The fraction of sp³-hybridized carbons (Fsp3) is 0.471. The van der Waals surface area contributed by atoms with Gasteiger partial charge in [0.1, 0.15) is 6.04 Å². The number of hydrogen-bond donors (Lipinski definition) is 2. The van der Waals surface area contributed by atoms with Crippen LogP contribution in [-0.4, -0.2) is 61.2 Å². The SMILES string of the molecule is CN(C)c1ccc(N([O-])O)cc1C(=O)OCC(=O)N1CCCCC1C(N)=O. The lowest BCUT2D eigenvalue weighted by molar-refractivity contribution is -0.143. The van der Waals surface area contributed by atoms with Gasteiger partial charge in [0.2, 0.25) is 5.91 Å². The van der Waals surface area contributed by atoms with Gasteiger partial charge in [0.05, 0.1) is 16.9 Å². The molecule has 0 spiro atoms. The van der Waals surface area contributed by atoms with Gasteiger partial charge >= 0.3 is 5.97 Å². The molecule has 0 bridgehead atoms. The first-order chi connectivity index (χ1) is 12.7. The molecule has 1 heterocycles. The highest BCUT2D eigenvalue weighted by atomic mass is 16.8. The van der Waals surface area contributed by atoms with Gasteiger partial charge in [0, 0.05) is 20.6 Å². The van der Waals surface area contributed by atoms with Crippen LogP contribution in [0.25, 0.3) is 0 Å². The van der Waals surface area contributed by atoms with Crippen molar-refractivity contribution < 1.29 is 24.3 Å². The Labute approximate surface area is 156 Å². The van der Waals surface area contributed by atoms with Crippen LogP contribution >= 0.6 is 0 Å². The second-order valence-electron chi connectivity index (χ2n) is 6.45. The quantitative estimate of drug-likeness (QED) is 0.537. The maximum absolute atomic E-state index is 12.4. The Kier molecular flexibility index (Phi) is 6.59. The highest BCUT2D eigenvalue weighted by Gasteiger charge is 2.31. The number of hydrogen-bond acceptors (Lipinski definition) is 8. The predicted octanol–water partition coefficient (Wildman–Crippen LogP) is 0.469. The molecule has 1 atom stereocenters. The molecule has 1 unspecified atom stereocenters. The molecule has 1 aliphatic rings. The zero-order chi connectivity index (χ0) is 20.1. The molecule has 1 aromatic rings. The molecule has 10 heteroatoms. The molecule has 10 nitrogen and oxygen atoms in total. The Morgan fingerprint density at radius 1 is 1.33 bits per heavy atom. The number of benzene rings is 1. The summed E-state index contributed by atoms with van der Waals surface area (Å²) < 4.78 is 5.09. The van der Waals surface area contributed by atoms with Gasteiger partial charge in [0.25, 0.3) is 5.91 Å². The topological polar surface area (TPSA) is 139 Å². The van der Waals surface area contributed by atoms with Crippen LogP contribution in [-0.2, 0) is 14.3 Å². The Morgan fingerprint density at radius 3 is 2.63 bits per heavy atom. The summed E-state index contributed by atoms with van der Waals surface area (Å²) in [5, 5.41) is 19.7. The van der Waals surface area contributed by atoms with E-state index in [1.54, 1.807) is 19.0 Å². The van der Waals surface area contributed by atoms with Crippen molar-refractivity contribution in [2.75, 3.05) is 37.4 Å². The fourth-order valence-corrected chi connectivity index (χ4v) is 3.01. The highest BCUT2D eigenvalue weighted by Crippen LogP contribution is 2.25. The monoisotopic (exact) mass is 379 g/mol. The first-order valence-electron chi connectivity index (χ1n) is 8.45. The molecule has 0 aliphatic carbocycles. The minimum Gasteiger partial charge on any atom is -0.733 e. The second kappa shape index (κ2) is 8.69. The van der Waals surface area contributed by atoms with Crippen molar-refractivity contribution in [2.45, 2.75) is 25.3 Å². The molecule has 1 saturated heterocycles. The van der Waals surface area contributed by atoms with E-state index in [-0.39, 0.29) is 16.5 Å². The van der Waals surface area contributed by atoms with Gasteiger partial charge in [0.15, 0.2) is 6.61 Å². The average Bonchev–Trinajstić information content (AvgIpc) is 2.65. The molecule has 148 valence electrons. The van der Waals surface area contributed by atoms with Crippen LogP contribution in [0.15, 0.2) is 18.2 Å². The van der Waals surface area contributed by atoms with Crippen LogP contribution in [0, 0.1) is 5.21 Å². The van der Waals surface area contributed by atoms with Gasteiger partial charge in [-0.3, -0.25) is 14.8 Å². The lowest BCUT2D eigenvalue weighted by Crippen LogP contribution is -2.51. The molecule has 0 aromatic heterocycles. The maximum atomic E-state index is 12.4. The number of esters is 1. The number of primary amides is 1. The molecule has 3 N–H and O–H groups in total. The number of amides is 2. The van der Waals surface area contributed by atoms with Crippen LogP contribution in [0.5, 0.6) is 0 Å². The molecule has 2 amide bonds. The van der Waals surface area contributed by atoms with E-state index in [0.717, 1.165) is 12.8 Å². The summed E-state index contributed by atoms with van der Waals surface area (Å²) in [5.41, 5.74) is 5.66. The fourth-order valence-electron chi connectivity index (χ4n) is 3.01. The van der Waals surface area contributed by atoms with Crippen LogP contribution in [0.3, 0.4) is 0 Å². The Bertz CT molecular complexity index is 721. The normalized spacial score (nSPS) is 16.6. The summed E-state index contributed by atoms with van der Waals surface area (Å²) in [6, 6.07) is 3.29. The van der Waals surface area contributed by atoms with E-state index >= 15 is 0 Å². The van der Waals surface area contributed by atoms with Crippen molar-refractivity contribution in [1.82, 2.24) is 4.90 Å². The summed E-state index contributed by atoms with van der Waals surface area (Å²) in [5.74, 6) is -1.93. The minimum absolute atomic E-state index is 0.0188. The largest absolute Gasteiger partial charge is 0.733 e. The van der Waals surface area contributed by atoms with E-state index in [2.05, 4.69) is 0 Å². The number of ether oxygens (including phenoxy) is 1. The van der Waals surface area contributed by atoms with Crippen molar-refractivity contribution in [3.8, 4) is 0 Å². The number of anilines is 2. The van der Waals surface area contributed by atoms with E-state index in [1.807, 2.05) is 0 Å². The molecule has 1 aromatic carbocycles. The van der Waals surface area contributed by atoms with Crippen LogP contribution < -0.4 is 15.9 Å². The third-order valence-electron chi connectivity index (χ3n) is 4.38. The number of nitrogens with zero attached hydrogens (tertiary/aromatic N) is 3.